The fraction of sp³-hybridized carbons (Fsp3) is 0.429. The highest BCUT2D eigenvalue weighted by Crippen LogP contribution is 1.89. The van der Waals surface area contributed by atoms with Crippen LogP contribution in [-0.4, -0.2) is 17.8 Å². The van der Waals surface area contributed by atoms with Crippen molar-refractivity contribution < 1.29 is 5.11 Å². The predicted molar refractivity (Wildman–Crippen MR) is 39.0 cm³/mol. The van der Waals surface area contributed by atoms with E-state index in [1.807, 2.05) is 6.08 Å². The van der Waals surface area contributed by atoms with Crippen LogP contribution < -0.4 is 5.73 Å². The Morgan fingerprint density at radius 2 is 2.22 bits per heavy atom. The number of aliphatic hydroxyl groups is 1. The Morgan fingerprint density at radius 1 is 1.56 bits per heavy atom. The van der Waals surface area contributed by atoms with Gasteiger partial charge in [0.05, 0.1) is 6.61 Å². The van der Waals surface area contributed by atoms with E-state index in [0.717, 1.165) is 6.42 Å². The highest BCUT2D eigenvalue weighted by molar-refractivity contribution is 4.91. The van der Waals surface area contributed by atoms with E-state index >= 15 is 0 Å². The molecule has 0 radical (unpaired) electrons. The lowest BCUT2D eigenvalue weighted by atomic mass is 10.2. The second-order valence-electron chi connectivity index (χ2n) is 1.79. The third-order valence-corrected chi connectivity index (χ3v) is 0.983. The van der Waals surface area contributed by atoms with Gasteiger partial charge in [-0.05, 0) is 6.42 Å². The molecule has 2 heteroatoms. The summed E-state index contributed by atoms with van der Waals surface area (Å²) in [6.45, 7) is 3.61. The largest absolute Gasteiger partial charge is 0.392 e. The summed E-state index contributed by atoms with van der Waals surface area (Å²) in [5.74, 6) is 0. The number of aliphatic hydroxyl groups excluding tert-OH is 1. The molecule has 0 spiro atoms. The zero-order chi connectivity index (χ0) is 7.11. The van der Waals surface area contributed by atoms with Gasteiger partial charge >= 0.3 is 0 Å². The molecule has 3 N–H and O–H groups in total. The Balaban J connectivity index is 3.25. The van der Waals surface area contributed by atoms with Crippen LogP contribution in [0.2, 0.25) is 0 Å². The minimum atomic E-state index is 0.0211. The van der Waals surface area contributed by atoms with Crippen LogP contribution in [-0.2, 0) is 0 Å². The summed E-state index contributed by atoms with van der Waals surface area (Å²) >= 11 is 0. The standard InChI is InChI=1S/C7H13NO/c1-2-7(8)5-3-4-6-9/h2-4,7,9H,1,5-6,8H2/b4-3-. The van der Waals surface area contributed by atoms with E-state index in [-0.39, 0.29) is 12.6 Å². The molecule has 0 aliphatic carbocycles. The molecule has 2 nitrogen and oxygen atoms in total. The van der Waals surface area contributed by atoms with Crippen molar-refractivity contribution in [1.29, 1.82) is 0 Å². The van der Waals surface area contributed by atoms with Crippen LogP contribution in [0.3, 0.4) is 0 Å². The first-order valence-electron chi connectivity index (χ1n) is 2.95. The van der Waals surface area contributed by atoms with Crippen molar-refractivity contribution in [3.63, 3.8) is 0 Å². The van der Waals surface area contributed by atoms with E-state index in [4.69, 9.17) is 10.8 Å². The molecule has 0 fully saturated rings. The van der Waals surface area contributed by atoms with Crippen LogP contribution in [0.1, 0.15) is 6.42 Å². The zero-order valence-electron chi connectivity index (χ0n) is 5.46. The minimum absolute atomic E-state index is 0.0211. The maximum Gasteiger partial charge on any atom is 0.0612 e. The van der Waals surface area contributed by atoms with Crippen LogP contribution in [0, 0.1) is 0 Å². The van der Waals surface area contributed by atoms with Gasteiger partial charge in [-0.3, -0.25) is 0 Å². The van der Waals surface area contributed by atoms with Crippen LogP contribution in [0.15, 0.2) is 24.8 Å². The van der Waals surface area contributed by atoms with Gasteiger partial charge < -0.3 is 10.8 Å². The summed E-state index contributed by atoms with van der Waals surface area (Å²) in [7, 11) is 0. The first kappa shape index (κ1) is 8.40. The average molecular weight is 127 g/mol. The number of hydrogen-bond donors (Lipinski definition) is 2. The topological polar surface area (TPSA) is 46.2 Å². The van der Waals surface area contributed by atoms with Gasteiger partial charge in [0.2, 0.25) is 0 Å². The lowest BCUT2D eigenvalue weighted by Crippen LogP contribution is -2.14. The first-order valence-corrected chi connectivity index (χ1v) is 2.95. The van der Waals surface area contributed by atoms with Crippen molar-refractivity contribution in [2.24, 2.45) is 5.73 Å². The average Bonchev–Trinajstić information content (AvgIpc) is 1.89. The predicted octanol–water partition coefficient (Wildman–Crippen LogP) is 0.438. The van der Waals surface area contributed by atoms with Crippen LogP contribution in [0.25, 0.3) is 0 Å². The van der Waals surface area contributed by atoms with Gasteiger partial charge in [0.25, 0.3) is 0 Å². The zero-order valence-corrected chi connectivity index (χ0v) is 5.46. The molecule has 0 saturated carbocycles. The third-order valence-electron chi connectivity index (χ3n) is 0.983. The van der Waals surface area contributed by atoms with Gasteiger partial charge in [-0.1, -0.05) is 18.2 Å². The highest BCUT2D eigenvalue weighted by atomic mass is 16.2. The molecule has 0 saturated heterocycles. The maximum absolute atomic E-state index is 8.30. The molecule has 0 aliphatic rings. The molecule has 9 heavy (non-hydrogen) atoms. The van der Waals surface area contributed by atoms with E-state index in [9.17, 15) is 0 Å². The minimum Gasteiger partial charge on any atom is -0.392 e. The van der Waals surface area contributed by atoms with Crippen molar-refractivity contribution in [1.82, 2.24) is 0 Å². The molecule has 0 aromatic carbocycles. The Kier molecular flexibility index (Phi) is 5.17. The van der Waals surface area contributed by atoms with Gasteiger partial charge in [-0.2, -0.15) is 0 Å². The molecule has 52 valence electrons. The summed E-state index contributed by atoms with van der Waals surface area (Å²) in [5, 5.41) is 8.30. The Labute approximate surface area is 55.7 Å². The van der Waals surface area contributed by atoms with Crippen molar-refractivity contribution in [2.45, 2.75) is 12.5 Å². The van der Waals surface area contributed by atoms with Crippen molar-refractivity contribution >= 4 is 0 Å². The lowest BCUT2D eigenvalue weighted by molar-refractivity contribution is 0.342. The molecule has 0 bridgehead atoms. The summed E-state index contributed by atoms with van der Waals surface area (Å²) in [6, 6.07) is 0.0211. The molecule has 1 unspecified atom stereocenters. The Hall–Kier alpha value is -0.600. The number of hydrogen-bond acceptors (Lipinski definition) is 2. The molecule has 0 aromatic heterocycles. The third kappa shape index (κ3) is 5.27. The molecule has 0 rings (SSSR count). The normalized spacial score (nSPS) is 14.0. The van der Waals surface area contributed by atoms with E-state index in [2.05, 4.69) is 6.58 Å². The van der Waals surface area contributed by atoms with E-state index < -0.39 is 0 Å². The Bertz CT molecular complexity index is 99.1. The second kappa shape index (κ2) is 5.54. The molecule has 0 aliphatic heterocycles. The fourth-order valence-corrected chi connectivity index (χ4v) is 0.424. The highest BCUT2D eigenvalue weighted by Gasteiger charge is 1.88. The summed E-state index contributed by atoms with van der Waals surface area (Å²) < 4.78 is 0. The van der Waals surface area contributed by atoms with E-state index in [1.165, 1.54) is 0 Å². The summed E-state index contributed by atoms with van der Waals surface area (Å²) in [4.78, 5) is 0. The summed E-state index contributed by atoms with van der Waals surface area (Å²) in [5.41, 5.74) is 5.46. The van der Waals surface area contributed by atoms with Gasteiger partial charge in [-0.25, -0.2) is 0 Å². The van der Waals surface area contributed by atoms with E-state index in [1.54, 1.807) is 12.2 Å². The van der Waals surface area contributed by atoms with Crippen molar-refractivity contribution in [3.05, 3.63) is 24.8 Å². The molecule has 0 heterocycles. The molecular weight excluding hydrogens is 114 g/mol. The lowest BCUT2D eigenvalue weighted by Gasteiger charge is -1.97. The molecular formula is C7H13NO. The quantitative estimate of drug-likeness (QED) is 0.538. The van der Waals surface area contributed by atoms with E-state index in [0.29, 0.717) is 0 Å². The molecule has 0 amide bonds. The number of rotatable bonds is 4. The SMILES string of the molecule is C=CC(N)C/C=C\CO. The van der Waals surface area contributed by atoms with Gasteiger partial charge in [-0.15, -0.1) is 6.58 Å². The van der Waals surface area contributed by atoms with Crippen LogP contribution in [0.4, 0.5) is 0 Å². The second-order valence-corrected chi connectivity index (χ2v) is 1.79. The van der Waals surface area contributed by atoms with Crippen LogP contribution in [0.5, 0.6) is 0 Å². The fourth-order valence-electron chi connectivity index (χ4n) is 0.424. The van der Waals surface area contributed by atoms with Gasteiger partial charge in [0.1, 0.15) is 0 Å². The van der Waals surface area contributed by atoms with Gasteiger partial charge in [0, 0.05) is 6.04 Å². The number of nitrogens with two attached hydrogens (primary N) is 1. The van der Waals surface area contributed by atoms with Gasteiger partial charge in [0.15, 0.2) is 0 Å². The van der Waals surface area contributed by atoms with Crippen molar-refractivity contribution in [3.8, 4) is 0 Å². The summed E-state index contributed by atoms with van der Waals surface area (Å²) in [6.07, 6.45) is 5.95. The Morgan fingerprint density at radius 3 is 2.67 bits per heavy atom. The monoisotopic (exact) mass is 127 g/mol. The molecule has 0 aromatic rings. The van der Waals surface area contributed by atoms with Crippen LogP contribution >= 0.6 is 0 Å². The van der Waals surface area contributed by atoms with Crippen molar-refractivity contribution in [2.75, 3.05) is 6.61 Å². The first-order chi connectivity index (χ1) is 4.31. The smallest absolute Gasteiger partial charge is 0.0612 e. The molecule has 1 atom stereocenters. The maximum atomic E-state index is 8.30.